The second-order valence-electron chi connectivity index (χ2n) is 3.27. The highest BCUT2D eigenvalue weighted by Gasteiger charge is 2.35. The number of amides is 1. The van der Waals surface area contributed by atoms with E-state index in [0.29, 0.717) is 12.2 Å². The molecular formula is C10H11NO2S. The third-order valence-electron chi connectivity index (χ3n) is 2.16. The van der Waals surface area contributed by atoms with Crippen LogP contribution in [0.25, 0.3) is 0 Å². The van der Waals surface area contributed by atoms with Crippen molar-refractivity contribution in [2.75, 3.05) is 0 Å². The van der Waals surface area contributed by atoms with Gasteiger partial charge in [0.15, 0.2) is 5.37 Å². The fraction of sp³-hybridized carbons (Fsp3) is 0.300. The van der Waals surface area contributed by atoms with Crippen LogP contribution in [0.15, 0.2) is 30.3 Å². The van der Waals surface area contributed by atoms with Gasteiger partial charge in [-0.25, -0.2) is 0 Å². The van der Waals surface area contributed by atoms with Crippen LogP contribution < -0.4 is 5.32 Å². The number of β-lactam (4-membered cyclic amide) rings is 1. The Morgan fingerprint density at radius 1 is 1.43 bits per heavy atom. The molecule has 2 rings (SSSR count). The van der Waals surface area contributed by atoms with Crippen LogP contribution in [0.3, 0.4) is 0 Å². The van der Waals surface area contributed by atoms with Crippen LogP contribution in [0.5, 0.6) is 0 Å². The van der Waals surface area contributed by atoms with Crippen LogP contribution >= 0.6 is 0 Å². The van der Waals surface area contributed by atoms with Gasteiger partial charge in [-0.15, -0.1) is 0 Å². The van der Waals surface area contributed by atoms with Crippen LogP contribution in [0.2, 0.25) is 0 Å². The standard InChI is InChI=1S/C10H11NO2S/c12-9-6-10(11-9)14(13)7-8-4-2-1-3-5-8/h1-5,10H,6-7H2,(H,11,12). The summed E-state index contributed by atoms with van der Waals surface area (Å²) < 4.78 is 11.6. The van der Waals surface area contributed by atoms with Crippen molar-refractivity contribution in [3.63, 3.8) is 0 Å². The van der Waals surface area contributed by atoms with Gasteiger partial charge in [-0.1, -0.05) is 30.3 Å². The highest BCUT2D eigenvalue weighted by Crippen LogP contribution is 2.16. The van der Waals surface area contributed by atoms with Gasteiger partial charge in [0.2, 0.25) is 5.91 Å². The fourth-order valence-corrected chi connectivity index (χ4v) is 2.65. The van der Waals surface area contributed by atoms with E-state index in [-0.39, 0.29) is 11.3 Å². The van der Waals surface area contributed by atoms with E-state index in [1.54, 1.807) is 0 Å². The minimum atomic E-state index is -0.982. The zero-order valence-corrected chi connectivity index (χ0v) is 8.42. The van der Waals surface area contributed by atoms with Crippen LogP contribution in [-0.2, 0) is 21.7 Å². The first-order chi connectivity index (χ1) is 6.75. The van der Waals surface area contributed by atoms with Crippen molar-refractivity contribution in [1.82, 2.24) is 5.32 Å². The van der Waals surface area contributed by atoms with Gasteiger partial charge >= 0.3 is 0 Å². The largest absolute Gasteiger partial charge is 0.614 e. The average Bonchev–Trinajstić information content (AvgIpc) is 2.14. The minimum Gasteiger partial charge on any atom is -0.614 e. The van der Waals surface area contributed by atoms with E-state index in [0.717, 1.165) is 5.56 Å². The Morgan fingerprint density at radius 3 is 2.64 bits per heavy atom. The highest BCUT2D eigenvalue weighted by atomic mass is 32.2. The first-order valence-electron chi connectivity index (χ1n) is 4.46. The molecule has 1 aliphatic rings. The van der Waals surface area contributed by atoms with E-state index in [4.69, 9.17) is 0 Å². The summed E-state index contributed by atoms with van der Waals surface area (Å²) in [6, 6.07) is 9.66. The van der Waals surface area contributed by atoms with E-state index in [1.807, 2.05) is 30.3 Å². The van der Waals surface area contributed by atoms with Crippen LogP contribution in [-0.4, -0.2) is 15.8 Å². The van der Waals surface area contributed by atoms with Crippen LogP contribution in [0.1, 0.15) is 12.0 Å². The molecule has 1 aromatic rings. The molecule has 4 heteroatoms. The highest BCUT2D eigenvalue weighted by molar-refractivity contribution is 7.91. The SMILES string of the molecule is O=C1CC([S+]([O-])Cc2ccccc2)N1. The van der Waals surface area contributed by atoms with E-state index < -0.39 is 11.2 Å². The molecule has 0 aromatic heterocycles. The van der Waals surface area contributed by atoms with Crippen molar-refractivity contribution < 1.29 is 9.35 Å². The fourth-order valence-electron chi connectivity index (χ4n) is 1.32. The van der Waals surface area contributed by atoms with Crippen molar-refractivity contribution in [3.05, 3.63) is 35.9 Å². The maximum atomic E-state index is 11.6. The van der Waals surface area contributed by atoms with E-state index in [2.05, 4.69) is 5.32 Å². The minimum absolute atomic E-state index is 0.00332. The van der Waals surface area contributed by atoms with Crippen LogP contribution in [0, 0.1) is 0 Å². The monoisotopic (exact) mass is 209 g/mol. The summed E-state index contributed by atoms with van der Waals surface area (Å²) in [4.78, 5) is 10.6. The number of carbonyl (C=O) groups is 1. The van der Waals surface area contributed by atoms with Crippen molar-refractivity contribution >= 4 is 17.1 Å². The third-order valence-corrected chi connectivity index (χ3v) is 3.70. The first-order valence-corrected chi connectivity index (χ1v) is 5.84. The van der Waals surface area contributed by atoms with Gasteiger partial charge in [0, 0.05) is 5.56 Å². The molecule has 1 aromatic carbocycles. The second kappa shape index (κ2) is 4.02. The number of rotatable bonds is 3. The molecule has 0 spiro atoms. The van der Waals surface area contributed by atoms with Crippen LogP contribution in [0.4, 0.5) is 0 Å². The van der Waals surface area contributed by atoms with Gasteiger partial charge in [0.1, 0.15) is 5.75 Å². The Balaban J connectivity index is 1.89. The third kappa shape index (κ3) is 2.08. The lowest BCUT2D eigenvalue weighted by atomic mass is 10.2. The Bertz CT molecular complexity index is 320. The molecule has 1 N–H and O–H groups in total. The lowest BCUT2D eigenvalue weighted by molar-refractivity contribution is -0.126. The molecule has 1 heterocycles. The van der Waals surface area contributed by atoms with E-state index in [9.17, 15) is 9.35 Å². The van der Waals surface area contributed by atoms with Crippen molar-refractivity contribution in [2.45, 2.75) is 17.5 Å². The number of hydrogen-bond donors (Lipinski definition) is 1. The molecule has 1 aliphatic heterocycles. The van der Waals surface area contributed by atoms with Gasteiger partial charge in [0.25, 0.3) is 0 Å². The Labute approximate surface area is 85.7 Å². The first kappa shape index (κ1) is 9.55. The van der Waals surface area contributed by atoms with Gasteiger partial charge in [-0.2, -0.15) is 0 Å². The van der Waals surface area contributed by atoms with Crippen molar-refractivity contribution in [3.8, 4) is 0 Å². The summed E-state index contributed by atoms with van der Waals surface area (Å²) in [6.45, 7) is 0. The van der Waals surface area contributed by atoms with Gasteiger partial charge in [0.05, 0.1) is 6.42 Å². The molecule has 0 radical (unpaired) electrons. The molecule has 14 heavy (non-hydrogen) atoms. The number of nitrogens with one attached hydrogen (secondary N) is 1. The zero-order chi connectivity index (χ0) is 9.97. The molecule has 2 atom stereocenters. The Hall–Kier alpha value is -1.00. The predicted molar refractivity (Wildman–Crippen MR) is 54.8 cm³/mol. The Morgan fingerprint density at radius 2 is 2.07 bits per heavy atom. The molecule has 1 amide bonds. The topological polar surface area (TPSA) is 52.2 Å². The maximum absolute atomic E-state index is 11.6. The smallest absolute Gasteiger partial charge is 0.230 e. The van der Waals surface area contributed by atoms with Gasteiger partial charge in [-0.05, 0) is 11.2 Å². The molecule has 1 fully saturated rings. The average molecular weight is 209 g/mol. The van der Waals surface area contributed by atoms with Crippen molar-refractivity contribution in [2.24, 2.45) is 0 Å². The summed E-state index contributed by atoms with van der Waals surface area (Å²) >= 11 is -0.982. The number of carbonyl (C=O) groups excluding carboxylic acids is 1. The Kier molecular flexibility index (Phi) is 2.74. The second-order valence-corrected chi connectivity index (χ2v) is 4.89. The molecule has 0 aliphatic carbocycles. The zero-order valence-electron chi connectivity index (χ0n) is 7.60. The normalized spacial score (nSPS) is 22.4. The summed E-state index contributed by atoms with van der Waals surface area (Å²) in [5, 5.41) is 2.49. The quantitative estimate of drug-likeness (QED) is 0.591. The van der Waals surface area contributed by atoms with E-state index in [1.165, 1.54) is 0 Å². The summed E-state index contributed by atoms with van der Waals surface area (Å²) in [6.07, 6.45) is 0.402. The predicted octanol–water partition coefficient (Wildman–Crippen LogP) is 0.781. The molecule has 0 saturated carbocycles. The molecule has 3 nitrogen and oxygen atoms in total. The molecule has 2 unspecified atom stereocenters. The molecule has 0 bridgehead atoms. The van der Waals surface area contributed by atoms with Gasteiger partial charge < -0.3 is 9.87 Å². The lowest BCUT2D eigenvalue weighted by Crippen LogP contribution is -2.53. The van der Waals surface area contributed by atoms with Crippen molar-refractivity contribution in [1.29, 1.82) is 0 Å². The summed E-state index contributed by atoms with van der Waals surface area (Å²) in [5.74, 6) is 0.516. The van der Waals surface area contributed by atoms with Gasteiger partial charge in [-0.3, -0.25) is 4.79 Å². The molecule has 1 saturated heterocycles. The number of hydrogen-bond acceptors (Lipinski definition) is 2. The summed E-state index contributed by atoms with van der Waals surface area (Å²) in [5.41, 5.74) is 1.05. The molecule has 74 valence electrons. The summed E-state index contributed by atoms with van der Waals surface area (Å²) in [7, 11) is 0. The number of benzene rings is 1. The van der Waals surface area contributed by atoms with E-state index >= 15 is 0 Å². The maximum Gasteiger partial charge on any atom is 0.230 e. The lowest BCUT2D eigenvalue weighted by Gasteiger charge is -2.28. The molecular weight excluding hydrogens is 198 g/mol.